The van der Waals surface area contributed by atoms with E-state index in [4.69, 9.17) is 9.47 Å². The molecule has 2 aliphatic heterocycles. The number of esters is 1. The van der Waals surface area contributed by atoms with Crippen molar-refractivity contribution < 1.29 is 14.3 Å². The lowest BCUT2D eigenvalue weighted by atomic mass is 10.1. The molecule has 13 heavy (non-hydrogen) atoms. The van der Waals surface area contributed by atoms with Gasteiger partial charge >= 0.3 is 5.97 Å². The fourth-order valence-electron chi connectivity index (χ4n) is 1.58. The van der Waals surface area contributed by atoms with Gasteiger partial charge in [0.1, 0.15) is 12.1 Å². The molecule has 74 valence electrons. The van der Waals surface area contributed by atoms with Crippen molar-refractivity contribution >= 4 is 5.97 Å². The Morgan fingerprint density at radius 1 is 1.38 bits per heavy atom. The van der Waals surface area contributed by atoms with Gasteiger partial charge in [0.25, 0.3) is 0 Å². The minimum absolute atomic E-state index is 0.0104. The highest BCUT2D eigenvalue weighted by molar-refractivity contribution is 5.76. The summed E-state index contributed by atoms with van der Waals surface area (Å²) >= 11 is 0. The van der Waals surface area contributed by atoms with E-state index in [9.17, 15) is 4.79 Å². The molecular formula is C9H15NO3. The standard InChI is InChI=1S/C9H15NO3/c11-9(13-7-5-12-6-7)8-3-1-2-4-10-8/h7-8,10H,1-6H2. The molecule has 0 saturated carbocycles. The molecule has 1 N–H and O–H groups in total. The minimum Gasteiger partial charge on any atom is -0.456 e. The van der Waals surface area contributed by atoms with Crippen LogP contribution in [0.5, 0.6) is 0 Å². The molecule has 2 saturated heterocycles. The number of carbonyl (C=O) groups excluding carboxylic acids is 1. The van der Waals surface area contributed by atoms with Crippen LogP contribution in [0.4, 0.5) is 0 Å². The molecule has 0 spiro atoms. The van der Waals surface area contributed by atoms with Gasteiger partial charge in [0.05, 0.1) is 13.2 Å². The molecule has 0 bridgehead atoms. The number of piperidine rings is 1. The second kappa shape index (κ2) is 4.07. The highest BCUT2D eigenvalue weighted by Crippen LogP contribution is 2.12. The number of rotatable bonds is 2. The number of hydrogen-bond donors (Lipinski definition) is 1. The van der Waals surface area contributed by atoms with Gasteiger partial charge in [-0.1, -0.05) is 6.42 Å². The summed E-state index contributed by atoms with van der Waals surface area (Å²) in [5, 5.41) is 3.16. The zero-order chi connectivity index (χ0) is 9.10. The summed E-state index contributed by atoms with van der Waals surface area (Å²) in [7, 11) is 0. The number of hydrogen-bond acceptors (Lipinski definition) is 4. The highest BCUT2D eigenvalue weighted by Gasteiger charge is 2.28. The molecule has 1 atom stereocenters. The smallest absolute Gasteiger partial charge is 0.323 e. The third-order valence-corrected chi connectivity index (χ3v) is 2.49. The summed E-state index contributed by atoms with van der Waals surface area (Å²) in [6, 6.07) is -0.0747. The Morgan fingerprint density at radius 2 is 2.23 bits per heavy atom. The van der Waals surface area contributed by atoms with Gasteiger partial charge in [-0.25, -0.2) is 0 Å². The van der Waals surface area contributed by atoms with E-state index in [-0.39, 0.29) is 18.1 Å². The molecule has 1 unspecified atom stereocenters. The molecule has 0 aromatic carbocycles. The first-order valence-corrected chi connectivity index (χ1v) is 4.88. The maximum atomic E-state index is 11.5. The summed E-state index contributed by atoms with van der Waals surface area (Å²) in [6.07, 6.45) is 3.20. The Balaban J connectivity index is 1.74. The summed E-state index contributed by atoms with van der Waals surface area (Å²) < 4.78 is 10.1. The molecule has 2 aliphatic rings. The number of carbonyl (C=O) groups is 1. The van der Waals surface area contributed by atoms with Crippen molar-refractivity contribution in [2.45, 2.75) is 31.4 Å². The normalized spacial score (nSPS) is 29.4. The van der Waals surface area contributed by atoms with Crippen LogP contribution in [-0.2, 0) is 14.3 Å². The van der Waals surface area contributed by atoms with Gasteiger partial charge in [0.15, 0.2) is 0 Å². The zero-order valence-corrected chi connectivity index (χ0v) is 7.62. The largest absolute Gasteiger partial charge is 0.456 e. The van der Waals surface area contributed by atoms with E-state index in [0.717, 1.165) is 25.8 Å². The second-order valence-corrected chi connectivity index (χ2v) is 3.60. The molecular weight excluding hydrogens is 170 g/mol. The van der Waals surface area contributed by atoms with Crippen molar-refractivity contribution in [2.75, 3.05) is 19.8 Å². The Hall–Kier alpha value is -0.610. The lowest BCUT2D eigenvalue weighted by Gasteiger charge is -2.29. The lowest BCUT2D eigenvalue weighted by Crippen LogP contribution is -2.46. The zero-order valence-electron chi connectivity index (χ0n) is 7.62. The van der Waals surface area contributed by atoms with Gasteiger partial charge < -0.3 is 14.8 Å². The van der Waals surface area contributed by atoms with Crippen molar-refractivity contribution in [3.63, 3.8) is 0 Å². The first kappa shape index (κ1) is 8.97. The average Bonchev–Trinajstić information content (AvgIpc) is 2.12. The van der Waals surface area contributed by atoms with E-state index in [1.54, 1.807) is 0 Å². The van der Waals surface area contributed by atoms with Crippen LogP contribution in [0, 0.1) is 0 Å². The number of ether oxygens (including phenoxy) is 2. The Labute approximate surface area is 77.6 Å². The molecule has 0 amide bonds. The van der Waals surface area contributed by atoms with Gasteiger partial charge in [0.2, 0.25) is 0 Å². The average molecular weight is 185 g/mol. The molecule has 0 aliphatic carbocycles. The number of nitrogens with one attached hydrogen (secondary N) is 1. The monoisotopic (exact) mass is 185 g/mol. The van der Waals surface area contributed by atoms with Crippen molar-refractivity contribution in [3.05, 3.63) is 0 Å². The maximum Gasteiger partial charge on any atom is 0.323 e. The summed E-state index contributed by atoms with van der Waals surface area (Å²) in [4.78, 5) is 11.5. The fourth-order valence-corrected chi connectivity index (χ4v) is 1.58. The van der Waals surface area contributed by atoms with Gasteiger partial charge in [-0.05, 0) is 19.4 Å². The minimum atomic E-state index is -0.104. The Kier molecular flexibility index (Phi) is 2.80. The predicted molar refractivity (Wildman–Crippen MR) is 46.3 cm³/mol. The Bertz CT molecular complexity index is 185. The van der Waals surface area contributed by atoms with Crippen molar-refractivity contribution in [3.8, 4) is 0 Å². The quantitative estimate of drug-likeness (QED) is 0.618. The molecule has 0 aromatic rings. The van der Waals surface area contributed by atoms with Gasteiger partial charge in [-0.15, -0.1) is 0 Å². The van der Waals surface area contributed by atoms with E-state index in [1.165, 1.54) is 0 Å². The van der Waals surface area contributed by atoms with Crippen LogP contribution in [0.25, 0.3) is 0 Å². The first-order chi connectivity index (χ1) is 6.36. The van der Waals surface area contributed by atoms with Crippen LogP contribution in [0.3, 0.4) is 0 Å². The van der Waals surface area contributed by atoms with Crippen LogP contribution in [0.1, 0.15) is 19.3 Å². The molecule has 4 heteroatoms. The third-order valence-electron chi connectivity index (χ3n) is 2.49. The molecule has 2 fully saturated rings. The SMILES string of the molecule is O=C(OC1COC1)C1CCCCN1. The third kappa shape index (κ3) is 2.19. The summed E-state index contributed by atoms with van der Waals surface area (Å²) in [5.41, 5.74) is 0. The van der Waals surface area contributed by atoms with E-state index < -0.39 is 0 Å². The molecule has 4 nitrogen and oxygen atoms in total. The van der Waals surface area contributed by atoms with Crippen LogP contribution in [0.15, 0.2) is 0 Å². The topological polar surface area (TPSA) is 47.6 Å². The second-order valence-electron chi connectivity index (χ2n) is 3.60. The van der Waals surface area contributed by atoms with E-state index in [1.807, 2.05) is 0 Å². The first-order valence-electron chi connectivity index (χ1n) is 4.88. The van der Waals surface area contributed by atoms with Gasteiger partial charge in [-0.3, -0.25) is 4.79 Å². The van der Waals surface area contributed by atoms with Crippen molar-refractivity contribution in [1.82, 2.24) is 5.32 Å². The summed E-state index contributed by atoms with van der Waals surface area (Å²) in [6.45, 7) is 2.07. The van der Waals surface area contributed by atoms with E-state index in [2.05, 4.69) is 5.32 Å². The summed E-state index contributed by atoms with van der Waals surface area (Å²) in [5.74, 6) is -0.104. The maximum absolute atomic E-state index is 11.5. The van der Waals surface area contributed by atoms with E-state index >= 15 is 0 Å². The molecule has 0 radical (unpaired) electrons. The molecule has 2 rings (SSSR count). The predicted octanol–water partition coefficient (Wildman–Crippen LogP) is 0.0705. The Morgan fingerprint density at radius 3 is 2.77 bits per heavy atom. The van der Waals surface area contributed by atoms with Crippen LogP contribution < -0.4 is 5.32 Å². The van der Waals surface area contributed by atoms with E-state index in [0.29, 0.717) is 13.2 Å². The lowest BCUT2D eigenvalue weighted by molar-refractivity contribution is -0.175. The van der Waals surface area contributed by atoms with Crippen LogP contribution in [-0.4, -0.2) is 37.9 Å². The van der Waals surface area contributed by atoms with Gasteiger partial charge in [0, 0.05) is 0 Å². The van der Waals surface area contributed by atoms with Crippen molar-refractivity contribution in [2.24, 2.45) is 0 Å². The van der Waals surface area contributed by atoms with Crippen molar-refractivity contribution in [1.29, 1.82) is 0 Å². The molecule has 0 aromatic heterocycles. The highest BCUT2D eigenvalue weighted by atomic mass is 16.6. The molecule has 2 heterocycles. The van der Waals surface area contributed by atoms with Crippen LogP contribution >= 0.6 is 0 Å². The fraction of sp³-hybridized carbons (Fsp3) is 0.889. The van der Waals surface area contributed by atoms with Crippen LogP contribution in [0.2, 0.25) is 0 Å². The van der Waals surface area contributed by atoms with Gasteiger partial charge in [-0.2, -0.15) is 0 Å².